The van der Waals surface area contributed by atoms with Crippen LogP contribution in [0.15, 0.2) is 24.3 Å². The lowest BCUT2D eigenvalue weighted by molar-refractivity contribution is -0.143. The van der Waals surface area contributed by atoms with E-state index in [4.69, 9.17) is 5.11 Å². The lowest BCUT2D eigenvalue weighted by Crippen LogP contribution is -2.44. The van der Waals surface area contributed by atoms with Crippen molar-refractivity contribution in [1.82, 2.24) is 5.32 Å². The third kappa shape index (κ3) is 5.58. The Bertz CT molecular complexity index is 477. The molecule has 0 aromatic heterocycles. The number of carboxylic acids is 1. The summed E-state index contributed by atoms with van der Waals surface area (Å²) in [6, 6.07) is 7.39. The zero-order valence-electron chi connectivity index (χ0n) is 13.2. The predicted octanol–water partition coefficient (Wildman–Crippen LogP) is 2.97. The number of carboxylic acid groups (broad SMARTS) is 1. The zero-order valence-corrected chi connectivity index (χ0v) is 13.2. The van der Waals surface area contributed by atoms with Crippen molar-refractivity contribution in [3.63, 3.8) is 0 Å². The number of aliphatic carboxylic acids is 1. The molecule has 2 N–H and O–H groups in total. The summed E-state index contributed by atoms with van der Waals surface area (Å²) < 4.78 is 0. The summed E-state index contributed by atoms with van der Waals surface area (Å²) in [5, 5.41) is 11.6. The predicted molar refractivity (Wildman–Crippen MR) is 83.3 cm³/mol. The smallest absolute Gasteiger partial charge is 0.326 e. The van der Waals surface area contributed by atoms with Crippen LogP contribution >= 0.6 is 0 Å². The van der Waals surface area contributed by atoms with Crippen LogP contribution in [0.25, 0.3) is 0 Å². The van der Waals surface area contributed by atoms with Crippen LogP contribution in [0.3, 0.4) is 0 Å². The van der Waals surface area contributed by atoms with Gasteiger partial charge >= 0.3 is 5.97 Å². The van der Waals surface area contributed by atoms with E-state index in [1.165, 1.54) is 5.56 Å². The number of aryl methyl sites for hydroxylation is 1. The molecule has 1 aromatic carbocycles. The van der Waals surface area contributed by atoms with Crippen molar-refractivity contribution in [2.45, 2.75) is 52.5 Å². The maximum Gasteiger partial charge on any atom is 0.326 e. The number of carbonyl (C=O) groups excluding carboxylic acids is 1. The maximum absolute atomic E-state index is 11.8. The Kier molecular flexibility index (Phi) is 6.40. The molecule has 1 amide bonds. The minimum absolute atomic E-state index is 0.128. The van der Waals surface area contributed by atoms with Gasteiger partial charge in [-0.05, 0) is 29.4 Å². The van der Waals surface area contributed by atoms with Gasteiger partial charge in [0.25, 0.3) is 0 Å². The van der Waals surface area contributed by atoms with Crippen LogP contribution in [0.2, 0.25) is 0 Å². The van der Waals surface area contributed by atoms with E-state index in [-0.39, 0.29) is 11.8 Å². The molecule has 1 atom stereocenters. The monoisotopic (exact) mass is 291 g/mol. The summed E-state index contributed by atoms with van der Waals surface area (Å²) in [5.41, 5.74) is 2.36. The molecule has 0 saturated carbocycles. The van der Waals surface area contributed by atoms with Crippen molar-refractivity contribution in [3.05, 3.63) is 35.4 Å². The number of hydrogen-bond acceptors (Lipinski definition) is 2. The molecule has 0 bridgehead atoms. The van der Waals surface area contributed by atoms with Crippen LogP contribution in [0.4, 0.5) is 0 Å². The van der Waals surface area contributed by atoms with Crippen LogP contribution < -0.4 is 5.32 Å². The van der Waals surface area contributed by atoms with Gasteiger partial charge in [0.2, 0.25) is 5.91 Å². The Morgan fingerprint density at radius 3 is 2.10 bits per heavy atom. The molecule has 0 aliphatic heterocycles. The van der Waals surface area contributed by atoms with Crippen molar-refractivity contribution < 1.29 is 14.7 Å². The number of hydrogen-bond donors (Lipinski definition) is 2. The Balaban J connectivity index is 2.51. The van der Waals surface area contributed by atoms with Gasteiger partial charge in [-0.25, -0.2) is 4.79 Å². The van der Waals surface area contributed by atoms with Gasteiger partial charge in [-0.15, -0.1) is 0 Å². The van der Waals surface area contributed by atoms with E-state index in [0.29, 0.717) is 18.8 Å². The summed E-state index contributed by atoms with van der Waals surface area (Å²) in [7, 11) is 0. The molecular formula is C17H25NO3. The maximum atomic E-state index is 11.8. The number of rotatable bonds is 7. The quantitative estimate of drug-likeness (QED) is 0.811. The molecule has 0 aliphatic carbocycles. The van der Waals surface area contributed by atoms with E-state index < -0.39 is 12.0 Å². The molecule has 1 rings (SSSR count). The second-order valence-corrected chi connectivity index (χ2v) is 6.02. The highest BCUT2D eigenvalue weighted by Crippen LogP contribution is 2.15. The fraction of sp³-hybridized carbons (Fsp3) is 0.529. The number of benzene rings is 1. The molecule has 21 heavy (non-hydrogen) atoms. The molecule has 0 aliphatic rings. The van der Waals surface area contributed by atoms with Crippen LogP contribution in [-0.2, 0) is 16.0 Å². The Labute approximate surface area is 126 Å². The summed E-state index contributed by atoms with van der Waals surface area (Å²) in [4.78, 5) is 22.9. The van der Waals surface area contributed by atoms with Crippen LogP contribution in [0.1, 0.15) is 51.2 Å². The first-order chi connectivity index (χ1) is 9.81. The first-order valence-electron chi connectivity index (χ1n) is 7.42. The second kappa shape index (κ2) is 7.81. The molecule has 0 unspecified atom stereocenters. The lowest BCUT2D eigenvalue weighted by atomic mass is 10.00. The molecule has 0 saturated heterocycles. The van der Waals surface area contributed by atoms with Gasteiger partial charge in [-0.3, -0.25) is 4.79 Å². The van der Waals surface area contributed by atoms with Crippen molar-refractivity contribution >= 4 is 11.9 Å². The van der Waals surface area contributed by atoms with Crippen LogP contribution in [-0.4, -0.2) is 23.0 Å². The Morgan fingerprint density at radius 1 is 1.10 bits per heavy atom. The van der Waals surface area contributed by atoms with E-state index in [2.05, 4.69) is 31.3 Å². The molecule has 4 nitrogen and oxygen atoms in total. The van der Waals surface area contributed by atoms with E-state index in [1.807, 2.05) is 12.1 Å². The van der Waals surface area contributed by atoms with Crippen molar-refractivity contribution in [1.29, 1.82) is 0 Å². The van der Waals surface area contributed by atoms with Gasteiger partial charge in [0.1, 0.15) is 6.04 Å². The van der Waals surface area contributed by atoms with Gasteiger partial charge in [0, 0.05) is 6.42 Å². The van der Waals surface area contributed by atoms with Gasteiger partial charge in [0.05, 0.1) is 0 Å². The van der Waals surface area contributed by atoms with E-state index >= 15 is 0 Å². The second-order valence-electron chi connectivity index (χ2n) is 6.02. The summed E-state index contributed by atoms with van der Waals surface area (Å²) in [6.07, 6.45) is 0.923. The fourth-order valence-electron chi connectivity index (χ4n) is 2.09. The highest BCUT2D eigenvalue weighted by molar-refractivity contribution is 5.83. The third-order valence-corrected chi connectivity index (χ3v) is 3.54. The van der Waals surface area contributed by atoms with E-state index in [0.717, 1.165) is 5.56 Å². The van der Waals surface area contributed by atoms with Crippen molar-refractivity contribution in [2.24, 2.45) is 5.92 Å². The lowest BCUT2D eigenvalue weighted by Gasteiger charge is -2.17. The molecule has 0 radical (unpaired) electrons. The minimum Gasteiger partial charge on any atom is -0.480 e. The molecular weight excluding hydrogens is 266 g/mol. The fourth-order valence-corrected chi connectivity index (χ4v) is 2.09. The highest BCUT2D eigenvalue weighted by Gasteiger charge is 2.22. The van der Waals surface area contributed by atoms with E-state index in [9.17, 15) is 9.59 Å². The molecule has 1 aromatic rings. The Morgan fingerprint density at radius 2 is 1.67 bits per heavy atom. The Hall–Kier alpha value is -1.84. The normalized spacial score (nSPS) is 12.5. The summed E-state index contributed by atoms with van der Waals surface area (Å²) >= 11 is 0. The topological polar surface area (TPSA) is 66.4 Å². The summed E-state index contributed by atoms with van der Waals surface area (Å²) in [5.74, 6) is -0.842. The van der Waals surface area contributed by atoms with Gasteiger partial charge in [-0.1, -0.05) is 52.0 Å². The van der Waals surface area contributed by atoms with Crippen molar-refractivity contribution in [3.8, 4) is 0 Å². The van der Waals surface area contributed by atoms with Crippen LogP contribution in [0, 0.1) is 5.92 Å². The third-order valence-electron chi connectivity index (χ3n) is 3.54. The number of amides is 1. The molecule has 0 fully saturated rings. The zero-order chi connectivity index (χ0) is 16.0. The summed E-state index contributed by atoms with van der Waals surface area (Å²) in [6.45, 7) is 7.84. The van der Waals surface area contributed by atoms with Gasteiger partial charge in [-0.2, -0.15) is 0 Å². The molecule has 4 heteroatoms. The average Bonchev–Trinajstić information content (AvgIpc) is 2.42. The minimum atomic E-state index is -0.986. The van der Waals surface area contributed by atoms with Crippen LogP contribution in [0.5, 0.6) is 0 Å². The number of carbonyl (C=O) groups is 2. The SMILES string of the molecule is CC(C)c1ccc(CCC(=O)N[C@H](C(=O)O)C(C)C)cc1. The molecule has 0 spiro atoms. The molecule has 116 valence electrons. The first kappa shape index (κ1) is 17.2. The van der Waals surface area contributed by atoms with Gasteiger partial charge in [0.15, 0.2) is 0 Å². The largest absolute Gasteiger partial charge is 0.480 e. The van der Waals surface area contributed by atoms with E-state index in [1.54, 1.807) is 13.8 Å². The standard InChI is InChI=1S/C17H25NO3/c1-11(2)14-8-5-13(6-9-14)7-10-15(19)18-16(12(3)4)17(20)21/h5-6,8-9,11-12,16H,7,10H2,1-4H3,(H,18,19)(H,20,21)/t16-/m0/s1. The highest BCUT2D eigenvalue weighted by atomic mass is 16.4. The average molecular weight is 291 g/mol. The first-order valence-corrected chi connectivity index (χ1v) is 7.42. The van der Waals surface area contributed by atoms with Gasteiger partial charge < -0.3 is 10.4 Å². The number of nitrogens with one attached hydrogen (secondary N) is 1. The van der Waals surface area contributed by atoms with Crippen molar-refractivity contribution in [2.75, 3.05) is 0 Å². The molecule has 0 heterocycles.